The fourth-order valence-corrected chi connectivity index (χ4v) is 2.69. The van der Waals surface area contributed by atoms with Crippen molar-refractivity contribution in [1.29, 1.82) is 0 Å². The van der Waals surface area contributed by atoms with Crippen LogP contribution < -0.4 is 10.6 Å². The van der Waals surface area contributed by atoms with Crippen LogP contribution in [0.2, 0.25) is 0 Å². The highest BCUT2D eigenvalue weighted by Gasteiger charge is 2.16. The third kappa shape index (κ3) is 4.12. The lowest BCUT2D eigenvalue weighted by molar-refractivity contribution is 0.291. The van der Waals surface area contributed by atoms with Crippen LogP contribution in [0.25, 0.3) is 0 Å². The molecule has 1 heterocycles. The Morgan fingerprint density at radius 1 is 1.00 bits per heavy atom. The average molecular weight is 210 g/mol. The minimum atomic E-state index is 0.971. The van der Waals surface area contributed by atoms with Crippen LogP contribution in [-0.2, 0) is 0 Å². The van der Waals surface area contributed by atoms with E-state index in [4.69, 9.17) is 0 Å². The lowest BCUT2D eigenvalue weighted by Crippen LogP contribution is -2.22. The van der Waals surface area contributed by atoms with Crippen molar-refractivity contribution in [3.63, 3.8) is 0 Å². The van der Waals surface area contributed by atoms with Crippen molar-refractivity contribution in [2.45, 2.75) is 44.9 Å². The van der Waals surface area contributed by atoms with E-state index < -0.39 is 0 Å². The van der Waals surface area contributed by atoms with Gasteiger partial charge in [-0.05, 0) is 63.7 Å². The Morgan fingerprint density at radius 2 is 1.93 bits per heavy atom. The average Bonchev–Trinajstić information content (AvgIpc) is 2.66. The van der Waals surface area contributed by atoms with Crippen LogP contribution in [0, 0.1) is 11.8 Å². The summed E-state index contributed by atoms with van der Waals surface area (Å²) >= 11 is 0. The molecule has 2 heteroatoms. The zero-order valence-electron chi connectivity index (χ0n) is 9.93. The normalized spacial score (nSPS) is 26.8. The van der Waals surface area contributed by atoms with Crippen LogP contribution in [0.1, 0.15) is 44.9 Å². The Bertz CT molecular complexity index is 160. The Hall–Kier alpha value is -0.0800. The highest BCUT2D eigenvalue weighted by molar-refractivity contribution is 4.72. The summed E-state index contributed by atoms with van der Waals surface area (Å²) in [6.07, 6.45) is 10.1. The van der Waals surface area contributed by atoms with Crippen molar-refractivity contribution in [2.75, 3.05) is 26.2 Å². The van der Waals surface area contributed by atoms with Gasteiger partial charge in [0.25, 0.3) is 0 Å². The first kappa shape index (κ1) is 11.4. The summed E-state index contributed by atoms with van der Waals surface area (Å²) in [6, 6.07) is 0. The Kier molecular flexibility index (Phi) is 4.94. The van der Waals surface area contributed by atoms with Crippen LogP contribution in [0.3, 0.4) is 0 Å². The molecule has 0 amide bonds. The molecule has 1 saturated carbocycles. The maximum Gasteiger partial charge on any atom is -0.00200 e. The molecule has 0 spiro atoms. The Labute approximate surface area is 94.2 Å². The highest BCUT2D eigenvalue weighted by Crippen LogP contribution is 2.28. The second kappa shape index (κ2) is 6.49. The van der Waals surface area contributed by atoms with Crippen LogP contribution >= 0.6 is 0 Å². The maximum absolute atomic E-state index is 3.59. The molecular weight excluding hydrogens is 184 g/mol. The lowest BCUT2D eigenvalue weighted by atomic mass is 9.83. The van der Waals surface area contributed by atoms with Crippen molar-refractivity contribution in [2.24, 2.45) is 11.8 Å². The van der Waals surface area contributed by atoms with Crippen LogP contribution in [-0.4, -0.2) is 26.2 Å². The van der Waals surface area contributed by atoms with Gasteiger partial charge in [0.15, 0.2) is 0 Å². The second-order valence-corrected chi connectivity index (χ2v) is 5.34. The van der Waals surface area contributed by atoms with Crippen LogP contribution in [0.5, 0.6) is 0 Å². The van der Waals surface area contributed by atoms with Crippen LogP contribution in [0.4, 0.5) is 0 Å². The SMILES string of the molecule is C1CC(CCNCCCC2CCNC2)C1. The van der Waals surface area contributed by atoms with E-state index in [9.17, 15) is 0 Å². The maximum atomic E-state index is 3.59. The summed E-state index contributed by atoms with van der Waals surface area (Å²) in [7, 11) is 0. The molecule has 0 bridgehead atoms. The van der Waals surface area contributed by atoms with Gasteiger partial charge in [0.1, 0.15) is 0 Å². The van der Waals surface area contributed by atoms with Crippen molar-refractivity contribution in [3.8, 4) is 0 Å². The van der Waals surface area contributed by atoms with E-state index in [1.165, 1.54) is 71.1 Å². The van der Waals surface area contributed by atoms with Gasteiger partial charge in [-0.1, -0.05) is 19.3 Å². The number of rotatable bonds is 7. The molecule has 1 aliphatic carbocycles. The standard InChI is InChI=1S/C13H26N2/c1-3-12(4-1)6-9-14-8-2-5-13-7-10-15-11-13/h12-15H,1-11H2. The summed E-state index contributed by atoms with van der Waals surface area (Å²) < 4.78 is 0. The molecule has 2 N–H and O–H groups in total. The first-order valence-electron chi connectivity index (χ1n) is 6.86. The third-order valence-electron chi connectivity index (χ3n) is 4.08. The molecule has 0 aromatic carbocycles. The van der Waals surface area contributed by atoms with Gasteiger partial charge in [0, 0.05) is 0 Å². The van der Waals surface area contributed by atoms with Crippen molar-refractivity contribution < 1.29 is 0 Å². The minimum Gasteiger partial charge on any atom is -0.317 e. The third-order valence-corrected chi connectivity index (χ3v) is 4.08. The summed E-state index contributed by atoms with van der Waals surface area (Å²) in [5.41, 5.74) is 0. The number of nitrogens with one attached hydrogen (secondary N) is 2. The molecule has 2 nitrogen and oxygen atoms in total. The summed E-state index contributed by atoms with van der Waals surface area (Å²) in [6.45, 7) is 5.01. The zero-order chi connectivity index (χ0) is 10.3. The lowest BCUT2D eigenvalue weighted by Gasteiger charge is -2.25. The fourth-order valence-electron chi connectivity index (χ4n) is 2.69. The molecule has 2 rings (SSSR count). The van der Waals surface area contributed by atoms with E-state index in [0.29, 0.717) is 0 Å². The van der Waals surface area contributed by atoms with Gasteiger partial charge in [-0.2, -0.15) is 0 Å². The van der Waals surface area contributed by atoms with Gasteiger partial charge in [0.05, 0.1) is 0 Å². The molecule has 0 aromatic heterocycles. The van der Waals surface area contributed by atoms with Gasteiger partial charge in [0.2, 0.25) is 0 Å². The smallest absolute Gasteiger partial charge is 0.00200 e. The molecule has 2 fully saturated rings. The molecule has 1 unspecified atom stereocenters. The van der Waals surface area contributed by atoms with Gasteiger partial charge in [-0.25, -0.2) is 0 Å². The van der Waals surface area contributed by atoms with E-state index in [-0.39, 0.29) is 0 Å². The highest BCUT2D eigenvalue weighted by atomic mass is 14.9. The molecule has 88 valence electrons. The molecule has 0 radical (unpaired) electrons. The molecule has 0 aromatic rings. The van der Waals surface area contributed by atoms with Gasteiger partial charge < -0.3 is 10.6 Å². The summed E-state index contributed by atoms with van der Waals surface area (Å²) in [5, 5.41) is 7.02. The number of hydrogen-bond acceptors (Lipinski definition) is 2. The van der Waals surface area contributed by atoms with Crippen LogP contribution in [0.15, 0.2) is 0 Å². The molecule has 2 aliphatic rings. The van der Waals surface area contributed by atoms with E-state index in [1.807, 2.05) is 0 Å². The summed E-state index contributed by atoms with van der Waals surface area (Å²) in [5.74, 6) is 2.04. The Morgan fingerprint density at radius 3 is 2.60 bits per heavy atom. The fraction of sp³-hybridized carbons (Fsp3) is 1.00. The second-order valence-electron chi connectivity index (χ2n) is 5.34. The molecule has 1 atom stereocenters. The first-order chi connectivity index (χ1) is 7.45. The predicted octanol–water partition coefficient (Wildman–Crippen LogP) is 2.16. The van der Waals surface area contributed by atoms with E-state index in [1.54, 1.807) is 0 Å². The van der Waals surface area contributed by atoms with E-state index in [0.717, 1.165) is 11.8 Å². The quantitative estimate of drug-likeness (QED) is 0.629. The van der Waals surface area contributed by atoms with Gasteiger partial charge in [-0.3, -0.25) is 0 Å². The van der Waals surface area contributed by atoms with Crippen molar-refractivity contribution in [3.05, 3.63) is 0 Å². The predicted molar refractivity (Wildman–Crippen MR) is 65.0 cm³/mol. The number of hydrogen-bond donors (Lipinski definition) is 2. The minimum absolute atomic E-state index is 0.971. The molecule has 1 saturated heterocycles. The van der Waals surface area contributed by atoms with E-state index in [2.05, 4.69) is 10.6 Å². The van der Waals surface area contributed by atoms with Gasteiger partial charge >= 0.3 is 0 Å². The largest absolute Gasteiger partial charge is 0.317 e. The monoisotopic (exact) mass is 210 g/mol. The molecular formula is C13H26N2. The topological polar surface area (TPSA) is 24.1 Å². The van der Waals surface area contributed by atoms with Crippen molar-refractivity contribution in [1.82, 2.24) is 10.6 Å². The molecule has 1 aliphatic heterocycles. The molecule has 15 heavy (non-hydrogen) atoms. The van der Waals surface area contributed by atoms with E-state index >= 15 is 0 Å². The summed E-state index contributed by atoms with van der Waals surface area (Å²) in [4.78, 5) is 0. The first-order valence-corrected chi connectivity index (χ1v) is 6.86. The Balaban J connectivity index is 1.35. The van der Waals surface area contributed by atoms with Crippen molar-refractivity contribution >= 4 is 0 Å². The van der Waals surface area contributed by atoms with Gasteiger partial charge in [-0.15, -0.1) is 0 Å². The zero-order valence-corrected chi connectivity index (χ0v) is 9.93.